The lowest BCUT2D eigenvalue weighted by atomic mass is 10.0. The first-order valence-corrected chi connectivity index (χ1v) is 9.35. The number of benzene rings is 1. The zero-order valence-corrected chi connectivity index (χ0v) is 15.1. The van der Waals surface area contributed by atoms with Crippen LogP contribution in [0.1, 0.15) is 48.5 Å². The third-order valence-electron chi connectivity index (χ3n) is 5.41. The van der Waals surface area contributed by atoms with Gasteiger partial charge in [-0.1, -0.05) is 12.1 Å². The van der Waals surface area contributed by atoms with Gasteiger partial charge in [-0.25, -0.2) is 4.68 Å². The van der Waals surface area contributed by atoms with E-state index in [1.165, 1.54) is 6.42 Å². The molecule has 1 unspecified atom stereocenters. The van der Waals surface area contributed by atoms with Crippen molar-refractivity contribution in [2.24, 2.45) is 0 Å². The summed E-state index contributed by atoms with van der Waals surface area (Å²) in [6.07, 6.45) is 5.55. The molecule has 2 aliphatic heterocycles. The monoisotopic (exact) mass is 352 g/mol. The molecule has 0 spiro atoms. The lowest BCUT2D eigenvalue weighted by molar-refractivity contribution is -0.119. The van der Waals surface area contributed by atoms with Crippen LogP contribution < -0.4 is 4.90 Å². The summed E-state index contributed by atoms with van der Waals surface area (Å²) in [4.78, 5) is 28.8. The maximum absolute atomic E-state index is 12.7. The maximum atomic E-state index is 12.7. The van der Waals surface area contributed by atoms with Crippen molar-refractivity contribution in [3.8, 4) is 0 Å². The van der Waals surface area contributed by atoms with E-state index in [0.29, 0.717) is 25.6 Å². The lowest BCUT2D eigenvalue weighted by Gasteiger charge is -2.33. The largest absolute Gasteiger partial charge is 0.336 e. The van der Waals surface area contributed by atoms with Crippen LogP contribution in [0.4, 0.5) is 5.82 Å². The number of carbonyl (C=O) groups is 2. The van der Waals surface area contributed by atoms with Gasteiger partial charge in [-0.05, 0) is 43.9 Å². The molecule has 1 aromatic carbocycles. The Hall–Kier alpha value is -2.63. The summed E-state index contributed by atoms with van der Waals surface area (Å²) in [5.74, 6) is 1.06. The molecule has 1 aromatic heterocycles. The van der Waals surface area contributed by atoms with Crippen molar-refractivity contribution in [1.29, 1.82) is 0 Å². The van der Waals surface area contributed by atoms with Gasteiger partial charge in [-0.15, -0.1) is 0 Å². The summed E-state index contributed by atoms with van der Waals surface area (Å²) in [7, 11) is 0. The highest BCUT2D eigenvalue weighted by Crippen LogP contribution is 2.24. The Labute approximate surface area is 153 Å². The molecule has 2 amide bonds. The zero-order valence-electron chi connectivity index (χ0n) is 15.1. The molecule has 2 aliphatic rings. The number of aryl methyl sites for hydroxylation is 1. The molecule has 4 rings (SSSR count). The standard InChI is InChI=1S/C20H24N4O2/c1-15-4-2-3-12-22(15)20(26)17-7-5-16(6-8-17)14-23-18-9-11-21-24(18)13-10-19(23)25/h5-9,11,15H,2-4,10,12-14H2,1H3. The molecule has 3 heterocycles. The van der Waals surface area contributed by atoms with Crippen molar-refractivity contribution in [1.82, 2.24) is 14.7 Å². The number of carbonyl (C=O) groups excluding carboxylic acids is 2. The quantitative estimate of drug-likeness (QED) is 0.853. The summed E-state index contributed by atoms with van der Waals surface area (Å²) in [6, 6.07) is 9.83. The van der Waals surface area contributed by atoms with Crippen LogP contribution in [0.15, 0.2) is 36.5 Å². The van der Waals surface area contributed by atoms with E-state index < -0.39 is 0 Å². The number of fused-ring (bicyclic) bond motifs is 1. The van der Waals surface area contributed by atoms with Gasteiger partial charge in [0.15, 0.2) is 0 Å². The van der Waals surface area contributed by atoms with Crippen LogP contribution in [-0.4, -0.2) is 39.1 Å². The Balaban J connectivity index is 1.48. The molecule has 0 bridgehead atoms. The number of hydrogen-bond donors (Lipinski definition) is 0. The SMILES string of the molecule is CC1CCCCN1C(=O)c1ccc(CN2C(=O)CCn3nccc32)cc1. The number of aromatic nitrogens is 2. The molecule has 136 valence electrons. The van der Waals surface area contributed by atoms with Crippen molar-refractivity contribution >= 4 is 17.6 Å². The van der Waals surface area contributed by atoms with Gasteiger partial charge >= 0.3 is 0 Å². The molecule has 1 fully saturated rings. The molecule has 0 N–H and O–H groups in total. The summed E-state index contributed by atoms with van der Waals surface area (Å²) >= 11 is 0. The van der Waals surface area contributed by atoms with Gasteiger partial charge in [0.2, 0.25) is 5.91 Å². The number of likely N-dealkylation sites (tertiary alicyclic amines) is 1. The second kappa shape index (κ2) is 6.94. The molecule has 0 saturated carbocycles. The molecular formula is C20H24N4O2. The minimum Gasteiger partial charge on any atom is -0.336 e. The average Bonchev–Trinajstić information content (AvgIpc) is 3.13. The molecule has 6 heteroatoms. The molecule has 0 radical (unpaired) electrons. The fourth-order valence-corrected chi connectivity index (χ4v) is 3.86. The third kappa shape index (κ3) is 3.11. The van der Waals surface area contributed by atoms with Crippen molar-refractivity contribution in [3.05, 3.63) is 47.7 Å². The van der Waals surface area contributed by atoms with Crippen molar-refractivity contribution in [2.75, 3.05) is 11.4 Å². The molecule has 2 aromatic rings. The van der Waals surface area contributed by atoms with E-state index >= 15 is 0 Å². The topological polar surface area (TPSA) is 58.4 Å². The average molecular weight is 352 g/mol. The first-order valence-electron chi connectivity index (χ1n) is 9.35. The molecule has 6 nitrogen and oxygen atoms in total. The lowest BCUT2D eigenvalue weighted by Crippen LogP contribution is -2.42. The summed E-state index contributed by atoms with van der Waals surface area (Å²) in [5, 5.41) is 4.25. The van der Waals surface area contributed by atoms with Gasteiger partial charge in [-0.2, -0.15) is 5.10 Å². The van der Waals surface area contributed by atoms with E-state index in [4.69, 9.17) is 0 Å². The van der Waals surface area contributed by atoms with Crippen LogP contribution in [-0.2, 0) is 17.9 Å². The minimum atomic E-state index is 0.107. The number of rotatable bonds is 3. The fourth-order valence-electron chi connectivity index (χ4n) is 3.86. The number of amides is 2. The number of piperidine rings is 1. The molecule has 0 aliphatic carbocycles. The molecule has 1 saturated heterocycles. The second-order valence-electron chi connectivity index (χ2n) is 7.18. The zero-order chi connectivity index (χ0) is 18.1. The Morgan fingerprint density at radius 2 is 1.96 bits per heavy atom. The van der Waals surface area contributed by atoms with Gasteiger partial charge < -0.3 is 4.90 Å². The summed E-state index contributed by atoms with van der Waals surface area (Å²) < 4.78 is 1.86. The Morgan fingerprint density at radius 1 is 1.15 bits per heavy atom. The fraction of sp³-hybridized carbons (Fsp3) is 0.450. The van der Waals surface area contributed by atoms with Crippen molar-refractivity contribution in [3.63, 3.8) is 0 Å². The minimum absolute atomic E-state index is 0.107. The van der Waals surface area contributed by atoms with Crippen LogP contribution in [0.3, 0.4) is 0 Å². The first-order chi connectivity index (χ1) is 12.6. The van der Waals surface area contributed by atoms with Gasteiger partial charge in [0.25, 0.3) is 5.91 Å². The highest BCUT2D eigenvalue weighted by Gasteiger charge is 2.26. The molecule has 1 atom stereocenters. The second-order valence-corrected chi connectivity index (χ2v) is 7.18. The van der Waals surface area contributed by atoms with Crippen LogP contribution in [0.2, 0.25) is 0 Å². The van der Waals surface area contributed by atoms with Gasteiger partial charge in [0.05, 0.1) is 19.3 Å². The molecular weight excluding hydrogens is 328 g/mol. The van der Waals surface area contributed by atoms with Crippen LogP contribution >= 0.6 is 0 Å². The Kier molecular flexibility index (Phi) is 4.49. The third-order valence-corrected chi connectivity index (χ3v) is 5.41. The number of nitrogens with zero attached hydrogens (tertiary/aromatic N) is 4. The summed E-state index contributed by atoms with van der Waals surface area (Å²) in [5.41, 5.74) is 1.73. The van der Waals surface area contributed by atoms with Gasteiger partial charge in [-0.3, -0.25) is 14.5 Å². The molecule has 26 heavy (non-hydrogen) atoms. The van der Waals surface area contributed by atoms with E-state index in [0.717, 1.165) is 36.3 Å². The normalized spacial score (nSPS) is 20.2. The van der Waals surface area contributed by atoms with E-state index in [2.05, 4.69) is 12.0 Å². The van der Waals surface area contributed by atoms with Gasteiger partial charge in [0, 0.05) is 30.6 Å². The predicted molar refractivity (Wildman–Crippen MR) is 98.8 cm³/mol. The van der Waals surface area contributed by atoms with Gasteiger partial charge in [0.1, 0.15) is 5.82 Å². The highest BCUT2D eigenvalue weighted by molar-refractivity contribution is 5.95. The van der Waals surface area contributed by atoms with Crippen molar-refractivity contribution < 1.29 is 9.59 Å². The number of hydrogen-bond acceptors (Lipinski definition) is 3. The highest BCUT2D eigenvalue weighted by atomic mass is 16.2. The predicted octanol–water partition coefficient (Wildman–Crippen LogP) is 2.83. The smallest absolute Gasteiger partial charge is 0.254 e. The van der Waals surface area contributed by atoms with E-state index in [1.807, 2.05) is 39.9 Å². The van der Waals surface area contributed by atoms with E-state index in [9.17, 15) is 9.59 Å². The van der Waals surface area contributed by atoms with Crippen molar-refractivity contribution in [2.45, 2.75) is 51.7 Å². The van der Waals surface area contributed by atoms with Crippen LogP contribution in [0.5, 0.6) is 0 Å². The maximum Gasteiger partial charge on any atom is 0.254 e. The van der Waals surface area contributed by atoms with E-state index in [-0.39, 0.29) is 11.8 Å². The summed E-state index contributed by atoms with van der Waals surface area (Å²) in [6.45, 7) is 4.10. The Morgan fingerprint density at radius 3 is 2.73 bits per heavy atom. The first kappa shape index (κ1) is 16.8. The van der Waals surface area contributed by atoms with E-state index in [1.54, 1.807) is 11.1 Å². The Bertz CT molecular complexity index is 811. The van der Waals surface area contributed by atoms with Crippen LogP contribution in [0, 0.1) is 0 Å². The number of anilines is 1. The van der Waals surface area contributed by atoms with Crippen LogP contribution in [0.25, 0.3) is 0 Å².